The van der Waals surface area contributed by atoms with Crippen LogP contribution in [0, 0.1) is 0 Å². The number of rotatable bonds is 60. The molecule has 2 atom stereocenters. The third-order valence-electron chi connectivity index (χ3n) is 14.9. The summed E-state index contributed by atoms with van der Waals surface area (Å²) in [5, 5.41) is 23.2. The van der Waals surface area contributed by atoms with Crippen LogP contribution in [0.25, 0.3) is 0 Å². The Kier molecular flexibility index (Phi) is 60.5. The summed E-state index contributed by atoms with van der Waals surface area (Å²) in [6.07, 6.45) is 79.9. The fourth-order valence-corrected chi connectivity index (χ4v) is 9.88. The van der Waals surface area contributed by atoms with Gasteiger partial charge in [0.25, 0.3) is 0 Å². The third-order valence-corrected chi connectivity index (χ3v) is 14.9. The Balaban J connectivity index is 3.41. The minimum absolute atomic E-state index is 0.00509. The number of amides is 1. The second-order valence-electron chi connectivity index (χ2n) is 22.1. The maximum absolute atomic E-state index is 12.5. The van der Waals surface area contributed by atoms with Crippen molar-refractivity contribution in [2.45, 2.75) is 353 Å². The van der Waals surface area contributed by atoms with Gasteiger partial charge in [-0.2, -0.15) is 0 Å². The largest absolute Gasteiger partial charge is 0.466 e. The minimum atomic E-state index is -0.668. The first-order chi connectivity index (χ1) is 36.0. The summed E-state index contributed by atoms with van der Waals surface area (Å²) in [7, 11) is 0. The first kappa shape index (κ1) is 70.8. The van der Waals surface area contributed by atoms with Crippen LogP contribution >= 0.6 is 0 Å². The quantitative estimate of drug-likeness (QED) is 0.0320. The number of allylic oxidation sites excluding steroid dienone is 8. The Morgan fingerprint density at radius 2 is 0.685 bits per heavy atom. The van der Waals surface area contributed by atoms with E-state index in [4.69, 9.17) is 4.74 Å². The van der Waals surface area contributed by atoms with Gasteiger partial charge in [0.2, 0.25) is 5.91 Å². The fourth-order valence-electron chi connectivity index (χ4n) is 9.88. The van der Waals surface area contributed by atoms with Gasteiger partial charge in [-0.15, -0.1) is 0 Å². The van der Waals surface area contributed by atoms with Crippen LogP contribution in [0.1, 0.15) is 341 Å². The number of carbonyl (C=O) groups is 2. The second-order valence-corrected chi connectivity index (χ2v) is 22.1. The standard InChI is InChI=1S/C67H125NO5/c1-3-5-7-9-11-13-15-17-18-19-27-31-34-37-41-45-49-53-57-61-67(72)73-62-58-54-50-46-42-38-35-32-29-26-24-22-20-21-23-25-28-30-33-36-40-44-48-52-56-60-66(71)68-64(63-69)65(70)59-55-51-47-43-39-16-14-12-10-8-6-4-2/h11,13,17-18,21-24,64-65,69-70H,3-10,12,14-16,19-20,25-63H2,1-2H3,(H,68,71)/b13-11-,18-17-,23-21-,24-22-. The molecule has 6 heteroatoms. The Morgan fingerprint density at radius 1 is 0.384 bits per heavy atom. The normalized spacial score (nSPS) is 12.9. The first-order valence-electron chi connectivity index (χ1n) is 32.4. The summed E-state index contributed by atoms with van der Waals surface area (Å²) in [4.78, 5) is 24.6. The molecular weight excluding hydrogens is 899 g/mol. The molecule has 0 spiro atoms. The Labute approximate surface area is 455 Å². The van der Waals surface area contributed by atoms with Gasteiger partial charge in [-0.05, 0) is 89.9 Å². The van der Waals surface area contributed by atoms with E-state index in [1.807, 2.05) is 0 Å². The van der Waals surface area contributed by atoms with E-state index in [2.05, 4.69) is 67.8 Å². The highest BCUT2D eigenvalue weighted by Gasteiger charge is 2.20. The van der Waals surface area contributed by atoms with Gasteiger partial charge in [-0.1, -0.05) is 287 Å². The fraction of sp³-hybridized carbons (Fsp3) is 0.851. The molecule has 0 aromatic heterocycles. The van der Waals surface area contributed by atoms with Crippen molar-refractivity contribution in [2.24, 2.45) is 0 Å². The van der Waals surface area contributed by atoms with Gasteiger partial charge in [0.15, 0.2) is 0 Å². The highest BCUT2D eigenvalue weighted by atomic mass is 16.5. The zero-order valence-corrected chi connectivity index (χ0v) is 48.9. The Hall–Kier alpha value is -2.18. The van der Waals surface area contributed by atoms with E-state index in [0.29, 0.717) is 25.9 Å². The van der Waals surface area contributed by atoms with Crippen molar-refractivity contribution < 1.29 is 24.5 Å². The predicted molar refractivity (Wildman–Crippen MR) is 319 cm³/mol. The molecule has 0 saturated carbocycles. The Morgan fingerprint density at radius 3 is 1.07 bits per heavy atom. The topological polar surface area (TPSA) is 95.9 Å². The van der Waals surface area contributed by atoms with E-state index in [0.717, 1.165) is 57.8 Å². The number of hydrogen-bond donors (Lipinski definition) is 3. The smallest absolute Gasteiger partial charge is 0.305 e. The average Bonchev–Trinajstić information content (AvgIpc) is 3.39. The predicted octanol–water partition coefficient (Wildman–Crippen LogP) is 20.5. The molecule has 3 N–H and O–H groups in total. The van der Waals surface area contributed by atoms with Crippen LogP contribution in [0.15, 0.2) is 48.6 Å². The highest BCUT2D eigenvalue weighted by molar-refractivity contribution is 5.76. The lowest BCUT2D eigenvalue weighted by atomic mass is 10.0. The summed E-state index contributed by atoms with van der Waals surface area (Å²) in [6, 6.07) is -0.546. The van der Waals surface area contributed by atoms with E-state index in [9.17, 15) is 19.8 Å². The molecule has 428 valence electrons. The summed E-state index contributed by atoms with van der Waals surface area (Å²) >= 11 is 0. The lowest BCUT2D eigenvalue weighted by Gasteiger charge is -2.22. The van der Waals surface area contributed by atoms with E-state index in [1.165, 1.54) is 250 Å². The van der Waals surface area contributed by atoms with Gasteiger partial charge < -0.3 is 20.3 Å². The molecule has 0 heterocycles. The monoisotopic (exact) mass is 1020 g/mol. The molecule has 0 bridgehead atoms. The van der Waals surface area contributed by atoms with Gasteiger partial charge in [0, 0.05) is 12.8 Å². The summed E-state index contributed by atoms with van der Waals surface area (Å²) in [5.74, 6) is -0.0362. The number of aliphatic hydroxyl groups excluding tert-OH is 2. The van der Waals surface area contributed by atoms with Crippen LogP contribution in [-0.4, -0.2) is 47.4 Å². The van der Waals surface area contributed by atoms with E-state index < -0.39 is 12.1 Å². The average molecular weight is 1020 g/mol. The van der Waals surface area contributed by atoms with Crippen molar-refractivity contribution in [2.75, 3.05) is 13.2 Å². The van der Waals surface area contributed by atoms with Crippen LogP contribution in [0.4, 0.5) is 0 Å². The van der Waals surface area contributed by atoms with E-state index >= 15 is 0 Å². The number of aliphatic hydroxyl groups is 2. The van der Waals surface area contributed by atoms with Crippen molar-refractivity contribution in [1.29, 1.82) is 0 Å². The van der Waals surface area contributed by atoms with E-state index in [1.54, 1.807) is 0 Å². The lowest BCUT2D eigenvalue weighted by molar-refractivity contribution is -0.143. The molecule has 0 rings (SSSR count). The minimum Gasteiger partial charge on any atom is -0.466 e. The molecule has 0 aromatic carbocycles. The van der Waals surface area contributed by atoms with Crippen molar-refractivity contribution in [3.63, 3.8) is 0 Å². The maximum atomic E-state index is 12.5. The SMILES string of the molecule is CCCCC/C=C\C/C=C\CCCCCCCCCCCC(=O)OCCCCCCCCCCC/C=C\C/C=C\CCCCCCCCCCCC(=O)NC(CO)C(O)CCCCCCCCCCCCCC. The Bertz CT molecular complexity index is 1230. The van der Waals surface area contributed by atoms with E-state index in [-0.39, 0.29) is 18.5 Å². The number of ether oxygens (including phenoxy) is 1. The van der Waals surface area contributed by atoms with Crippen LogP contribution in [0.3, 0.4) is 0 Å². The van der Waals surface area contributed by atoms with Crippen LogP contribution < -0.4 is 5.32 Å². The molecule has 0 aliphatic rings. The number of esters is 1. The van der Waals surface area contributed by atoms with Crippen molar-refractivity contribution >= 4 is 11.9 Å². The molecule has 73 heavy (non-hydrogen) atoms. The van der Waals surface area contributed by atoms with Crippen molar-refractivity contribution in [3.8, 4) is 0 Å². The number of hydrogen-bond acceptors (Lipinski definition) is 5. The second kappa shape index (κ2) is 62.4. The van der Waals surface area contributed by atoms with Gasteiger partial charge in [0.05, 0.1) is 25.4 Å². The summed E-state index contributed by atoms with van der Waals surface area (Å²) in [5.41, 5.74) is 0. The number of nitrogens with one attached hydrogen (secondary N) is 1. The van der Waals surface area contributed by atoms with Gasteiger partial charge in [-0.3, -0.25) is 9.59 Å². The molecule has 1 amide bonds. The summed E-state index contributed by atoms with van der Waals surface area (Å²) in [6.45, 7) is 4.93. The molecule has 0 fully saturated rings. The van der Waals surface area contributed by atoms with Gasteiger partial charge >= 0.3 is 5.97 Å². The van der Waals surface area contributed by atoms with Crippen molar-refractivity contribution in [1.82, 2.24) is 5.32 Å². The molecule has 0 aromatic rings. The maximum Gasteiger partial charge on any atom is 0.305 e. The van der Waals surface area contributed by atoms with Crippen LogP contribution in [0.5, 0.6) is 0 Å². The van der Waals surface area contributed by atoms with Gasteiger partial charge in [0.1, 0.15) is 0 Å². The molecule has 0 aliphatic heterocycles. The zero-order valence-electron chi connectivity index (χ0n) is 48.9. The third kappa shape index (κ3) is 58.9. The van der Waals surface area contributed by atoms with Gasteiger partial charge in [-0.25, -0.2) is 0 Å². The zero-order chi connectivity index (χ0) is 52.9. The molecule has 0 aliphatic carbocycles. The number of carbonyl (C=O) groups excluding carboxylic acids is 2. The summed E-state index contributed by atoms with van der Waals surface area (Å²) < 4.78 is 5.50. The van der Waals surface area contributed by atoms with Crippen molar-refractivity contribution in [3.05, 3.63) is 48.6 Å². The first-order valence-corrected chi connectivity index (χ1v) is 32.4. The molecule has 6 nitrogen and oxygen atoms in total. The molecule has 2 unspecified atom stereocenters. The lowest BCUT2D eigenvalue weighted by Crippen LogP contribution is -2.45. The highest BCUT2D eigenvalue weighted by Crippen LogP contribution is 2.17. The van der Waals surface area contributed by atoms with Crippen LogP contribution in [0.2, 0.25) is 0 Å². The van der Waals surface area contributed by atoms with Crippen LogP contribution in [-0.2, 0) is 14.3 Å². The molecule has 0 radical (unpaired) electrons. The molecular formula is C67H125NO5. The molecule has 0 saturated heterocycles. The number of unbranched alkanes of at least 4 members (excludes halogenated alkanes) is 41.